The third kappa shape index (κ3) is 3.48. The first-order valence-corrected chi connectivity index (χ1v) is 6.56. The van der Waals surface area contributed by atoms with Gasteiger partial charge in [-0.2, -0.15) is 0 Å². The van der Waals surface area contributed by atoms with Crippen molar-refractivity contribution < 1.29 is 0 Å². The number of aryl methyl sites for hydroxylation is 1. The predicted molar refractivity (Wildman–Crippen MR) is 74.0 cm³/mol. The molecule has 1 rings (SSSR count). The summed E-state index contributed by atoms with van der Waals surface area (Å²) >= 11 is 3.44. The third-order valence-electron chi connectivity index (χ3n) is 2.83. The number of anilines is 1. The van der Waals surface area contributed by atoms with Crippen LogP contribution in [-0.4, -0.2) is 18.1 Å². The van der Waals surface area contributed by atoms with Crippen LogP contribution in [0.25, 0.3) is 0 Å². The molecule has 1 heterocycles. The largest absolute Gasteiger partial charge is 0.357 e. The van der Waals surface area contributed by atoms with Crippen molar-refractivity contribution >= 4 is 21.7 Å². The molecule has 3 heteroatoms. The lowest BCUT2D eigenvalue weighted by Gasteiger charge is -2.28. The van der Waals surface area contributed by atoms with Crippen LogP contribution in [0.2, 0.25) is 0 Å². The number of hydrogen-bond acceptors (Lipinski definition) is 2. The molecule has 0 amide bonds. The van der Waals surface area contributed by atoms with Gasteiger partial charge in [0.2, 0.25) is 0 Å². The number of pyridine rings is 1. The molecule has 1 unspecified atom stereocenters. The van der Waals surface area contributed by atoms with Crippen molar-refractivity contribution in [2.24, 2.45) is 5.92 Å². The molecule has 0 aliphatic heterocycles. The number of halogens is 1. The molecular weight excluding hydrogens is 264 g/mol. The lowest BCUT2D eigenvalue weighted by molar-refractivity contribution is 0.501. The molecule has 0 aromatic carbocycles. The molecule has 0 spiro atoms. The van der Waals surface area contributed by atoms with E-state index in [-0.39, 0.29) is 0 Å². The summed E-state index contributed by atoms with van der Waals surface area (Å²) in [4.78, 5) is 6.75. The molecule has 0 fully saturated rings. The second-order valence-corrected chi connectivity index (χ2v) is 5.80. The molecule has 0 saturated heterocycles. The topological polar surface area (TPSA) is 16.1 Å². The maximum absolute atomic E-state index is 4.49. The Morgan fingerprint density at radius 2 is 2.00 bits per heavy atom. The van der Waals surface area contributed by atoms with Gasteiger partial charge in [0, 0.05) is 23.8 Å². The van der Waals surface area contributed by atoms with Gasteiger partial charge >= 0.3 is 0 Å². The Hall–Kier alpha value is -0.570. The van der Waals surface area contributed by atoms with Gasteiger partial charge in [-0.25, -0.2) is 4.98 Å². The summed E-state index contributed by atoms with van der Waals surface area (Å²) < 4.78 is 1.04. The maximum Gasteiger partial charge on any atom is 0.131 e. The first-order chi connectivity index (χ1) is 7.41. The summed E-state index contributed by atoms with van der Waals surface area (Å²) in [6, 6.07) is 2.63. The van der Waals surface area contributed by atoms with E-state index in [1.165, 1.54) is 12.0 Å². The normalized spacial score (nSPS) is 12.9. The van der Waals surface area contributed by atoms with E-state index in [1.54, 1.807) is 0 Å². The van der Waals surface area contributed by atoms with Gasteiger partial charge in [0.05, 0.1) is 0 Å². The molecular formula is C13H21BrN2. The molecule has 0 radical (unpaired) electrons. The SMILES string of the molecule is Cc1cc(Br)cnc1N(C)C(C)CC(C)C. The van der Waals surface area contributed by atoms with Crippen LogP contribution in [0.4, 0.5) is 5.82 Å². The lowest BCUT2D eigenvalue weighted by atomic mass is 10.0. The summed E-state index contributed by atoms with van der Waals surface area (Å²) in [7, 11) is 2.12. The van der Waals surface area contributed by atoms with E-state index >= 15 is 0 Å². The zero-order chi connectivity index (χ0) is 12.3. The molecule has 0 aliphatic rings. The average Bonchev–Trinajstić information content (AvgIpc) is 2.15. The van der Waals surface area contributed by atoms with E-state index in [0.29, 0.717) is 12.0 Å². The number of hydrogen-bond donors (Lipinski definition) is 0. The molecule has 0 N–H and O–H groups in total. The van der Waals surface area contributed by atoms with E-state index in [2.05, 4.69) is 66.6 Å². The molecule has 0 saturated carbocycles. The second kappa shape index (κ2) is 5.67. The third-order valence-corrected chi connectivity index (χ3v) is 3.26. The minimum absolute atomic E-state index is 0.521. The molecule has 1 aromatic rings. The predicted octanol–water partition coefficient (Wildman–Crippen LogP) is 4.02. The minimum atomic E-state index is 0.521. The highest BCUT2D eigenvalue weighted by atomic mass is 79.9. The van der Waals surface area contributed by atoms with Crippen LogP contribution in [-0.2, 0) is 0 Å². The van der Waals surface area contributed by atoms with Gasteiger partial charge in [-0.05, 0) is 53.7 Å². The molecule has 0 aliphatic carbocycles. The first-order valence-electron chi connectivity index (χ1n) is 5.76. The van der Waals surface area contributed by atoms with Crippen molar-refractivity contribution in [1.82, 2.24) is 4.98 Å². The van der Waals surface area contributed by atoms with Crippen molar-refractivity contribution in [2.75, 3.05) is 11.9 Å². The van der Waals surface area contributed by atoms with Gasteiger partial charge < -0.3 is 4.90 Å². The van der Waals surface area contributed by atoms with Gasteiger partial charge in [0.15, 0.2) is 0 Å². The van der Waals surface area contributed by atoms with Crippen LogP contribution < -0.4 is 4.90 Å². The van der Waals surface area contributed by atoms with Crippen molar-refractivity contribution in [3.05, 3.63) is 22.3 Å². The summed E-state index contributed by atoms with van der Waals surface area (Å²) in [5.74, 6) is 1.80. The van der Waals surface area contributed by atoms with Gasteiger partial charge in [-0.1, -0.05) is 13.8 Å². The molecule has 0 bridgehead atoms. The van der Waals surface area contributed by atoms with Crippen molar-refractivity contribution in [3.63, 3.8) is 0 Å². The molecule has 2 nitrogen and oxygen atoms in total. The molecule has 1 aromatic heterocycles. The fraction of sp³-hybridized carbons (Fsp3) is 0.615. The minimum Gasteiger partial charge on any atom is -0.357 e. The van der Waals surface area contributed by atoms with Crippen LogP contribution in [0.1, 0.15) is 32.8 Å². The van der Waals surface area contributed by atoms with Gasteiger partial charge in [0.1, 0.15) is 5.82 Å². The Morgan fingerprint density at radius 3 is 2.50 bits per heavy atom. The Bertz CT molecular complexity index is 350. The number of nitrogens with zero attached hydrogens (tertiary/aromatic N) is 2. The van der Waals surface area contributed by atoms with Gasteiger partial charge in [0.25, 0.3) is 0 Å². The Morgan fingerprint density at radius 1 is 1.38 bits per heavy atom. The molecule has 16 heavy (non-hydrogen) atoms. The standard InChI is InChI=1S/C13H21BrN2/c1-9(2)6-11(4)16(5)13-10(3)7-12(14)8-15-13/h7-9,11H,6H2,1-5H3. The quantitative estimate of drug-likeness (QED) is 0.830. The molecule has 90 valence electrons. The zero-order valence-electron chi connectivity index (χ0n) is 10.8. The van der Waals surface area contributed by atoms with Gasteiger partial charge in [-0.3, -0.25) is 0 Å². The first kappa shape index (κ1) is 13.5. The van der Waals surface area contributed by atoms with Crippen LogP contribution >= 0.6 is 15.9 Å². The highest BCUT2D eigenvalue weighted by Gasteiger charge is 2.14. The fourth-order valence-corrected chi connectivity index (χ4v) is 2.40. The Balaban J connectivity index is 2.83. The Kier molecular flexibility index (Phi) is 4.78. The summed E-state index contributed by atoms with van der Waals surface area (Å²) in [5.41, 5.74) is 1.22. The average molecular weight is 285 g/mol. The smallest absolute Gasteiger partial charge is 0.131 e. The number of aromatic nitrogens is 1. The lowest BCUT2D eigenvalue weighted by Crippen LogP contribution is -2.31. The zero-order valence-corrected chi connectivity index (χ0v) is 12.4. The van der Waals surface area contributed by atoms with Crippen LogP contribution in [0, 0.1) is 12.8 Å². The maximum atomic E-state index is 4.49. The van der Waals surface area contributed by atoms with E-state index in [0.717, 1.165) is 10.3 Å². The second-order valence-electron chi connectivity index (χ2n) is 4.88. The van der Waals surface area contributed by atoms with Crippen LogP contribution in [0.5, 0.6) is 0 Å². The van der Waals surface area contributed by atoms with Crippen molar-refractivity contribution in [3.8, 4) is 0 Å². The Labute approximate surface area is 107 Å². The fourth-order valence-electron chi connectivity index (χ4n) is 1.95. The van der Waals surface area contributed by atoms with Crippen LogP contribution in [0.3, 0.4) is 0 Å². The van der Waals surface area contributed by atoms with E-state index in [4.69, 9.17) is 0 Å². The van der Waals surface area contributed by atoms with Crippen molar-refractivity contribution in [1.29, 1.82) is 0 Å². The van der Waals surface area contributed by atoms with Crippen molar-refractivity contribution in [2.45, 2.75) is 40.2 Å². The summed E-state index contributed by atoms with van der Waals surface area (Å²) in [5, 5.41) is 0. The van der Waals surface area contributed by atoms with Gasteiger partial charge in [-0.15, -0.1) is 0 Å². The number of rotatable bonds is 4. The van der Waals surface area contributed by atoms with E-state index in [1.807, 2.05) is 6.20 Å². The summed E-state index contributed by atoms with van der Waals surface area (Å²) in [6.07, 6.45) is 3.05. The monoisotopic (exact) mass is 284 g/mol. The molecule has 1 atom stereocenters. The van der Waals surface area contributed by atoms with E-state index in [9.17, 15) is 0 Å². The highest BCUT2D eigenvalue weighted by Crippen LogP contribution is 2.23. The summed E-state index contributed by atoms with van der Waals surface area (Å²) in [6.45, 7) is 8.87. The van der Waals surface area contributed by atoms with Crippen LogP contribution in [0.15, 0.2) is 16.7 Å². The van der Waals surface area contributed by atoms with E-state index < -0.39 is 0 Å². The highest BCUT2D eigenvalue weighted by molar-refractivity contribution is 9.10.